The highest BCUT2D eigenvalue weighted by atomic mass is 127. The number of halogens is 1. The van der Waals surface area contributed by atoms with Crippen LogP contribution in [0.2, 0.25) is 0 Å². The maximum Gasteiger partial charge on any atom is 0.188 e. The van der Waals surface area contributed by atoms with Gasteiger partial charge < -0.3 is 15.8 Å². The van der Waals surface area contributed by atoms with Crippen LogP contribution in [0.25, 0.3) is 0 Å². The summed E-state index contributed by atoms with van der Waals surface area (Å²) < 4.78 is 5.67. The molecule has 1 aliphatic rings. The summed E-state index contributed by atoms with van der Waals surface area (Å²) in [6.45, 7) is 8.96. The Labute approximate surface area is 169 Å². The van der Waals surface area contributed by atoms with Crippen molar-refractivity contribution in [2.24, 2.45) is 10.7 Å². The Morgan fingerprint density at radius 2 is 2.24 bits per heavy atom. The molecule has 1 saturated heterocycles. The monoisotopic (exact) mass is 460 g/mol. The number of nitrogens with one attached hydrogen (secondary N) is 1. The van der Waals surface area contributed by atoms with E-state index in [1.165, 1.54) is 24.9 Å². The number of likely N-dealkylation sites (tertiary alicyclic amines) is 1. The van der Waals surface area contributed by atoms with Crippen LogP contribution in [0, 0.1) is 0 Å². The average Bonchev–Trinajstić information content (AvgIpc) is 3.06. The highest BCUT2D eigenvalue weighted by Crippen LogP contribution is 2.16. The third kappa shape index (κ3) is 7.81. The number of likely N-dealkylation sites (N-methyl/N-ethyl adjacent to an activating group) is 1. The van der Waals surface area contributed by atoms with Gasteiger partial charge in [-0.1, -0.05) is 26.0 Å². The average molecular weight is 460 g/mol. The molecule has 1 aromatic rings. The molecule has 1 unspecified atom stereocenters. The zero-order chi connectivity index (χ0) is 17.2. The van der Waals surface area contributed by atoms with Gasteiger partial charge in [0.1, 0.15) is 5.75 Å². The molecular formula is C19H33IN4O. The number of rotatable bonds is 9. The molecule has 1 aromatic carbocycles. The number of nitrogens with zero attached hydrogens (tertiary/aromatic N) is 2. The SMILES string of the molecule is CCCOc1cccc(CCNC(N)=NCC2CCCN2CC)c1.I. The van der Waals surface area contributed by atoms with E-state index in [1.54, 1.807) is 0 Å². The van der Waals surface area contributed by atoms with Gasteiger partial charge in [0, 0.05) is 12.6 Å². The van der Waals surface area contributed by atoms with Gasteiger partial charge in [-0.25, -0.2) is 0 Å². The summed E-state index contributed by atoms with van der Waals surface area (Å²) in [6.07, 6.45) is 4.44. The predicted molar refractivity (Wildman–Crippen MR) is 116 cm³/mol. The van der Waals surface area contributed by atoms with E-state index in [4.69, 9.17) is 10.5 Å². The largest absolute Gasteiger partial charge is 0.494 e. The Hall–Kier alpha value is -1.02. The van der Waals surface area contributed by atoms with E-state index < -0.39 is 0 Å². The lowest BCUT2D eigenvalue weighted by Crippen LogP contribution is -2.36. The lowest BCUT2D eigenvalue weighted by Gasteiger charge is -2.20. The fourth-order valence-corrected chi connectivity index (χ4v) is 3.12. The highest BCUT2D eigenvalue weighted by Gasteiger charge is 2.22. The summed E-state index contributed by atoms with van der Waals surface area (Å²) in [4.78, 5) is 7.00. The van der Waals surface area contributed by atoms with Crippen LogP contribution in [0.1, 0.15) is 38.7 Å². The molecular weight excluding hydrogens is 427 g/mol. The van der Waals surface area contributed by atoms with Gasteiger partial charge in [0.2, 0.25) is 0 Å². The molecule has 142 valence electrons. The third-order valence-electron chi connectivity index (χ3n) is 4.47. The molecule has 6 heteroatoms. The Morgan fingerprint density at radius 3 is 3.00 bits per heavy atom. The summed E-state index contributed by atoms with van der Waals surface area (Å²) >= 11 is 0. The fourth-order valence-electron chi connectivity index (χ4n) is 3.12. The lowest BCUT2D eigenvalue weighted by atomic mass is 10.1. The van der Waals surface area contributed by atoms with E-state index in [0.29, 0.717) is 12.0 Å². The predicted octanol–water partition coefficient (Wildman–Crippen LogP) is 3.02. The van der Waals surface area contributed by atoms with Crippen molar-refractivity contribution in [3.63, 3.8) is 0 Å². The number of nitrogens with two attached hydrogens (primary N) is 1. The minimum Gasteiger partial charge on any atom is -0.494 e. The number of hydrogen-bond donors (Lipinski definition) is 2. The van der Waals surface area contributed by atoms with Gasteiger partial charge in [-0.2, -0.15) is 0 Å². The summed E-state index contributed by atoms with van der Waals surface area (Å²) in [5.41, 5.74) is 7.24. The first-order valence-electron chi connectivity index (χ1n) is 9.22. The van der Waals surface area contributed by atoms with Crippen molar-refractivity contribution in [2.45, 2.75) is 45.6 Å². The van der Waals surface area contributed by atoms with Gasteiger partial charge in [-0.15, -0.1) is 24.0 Å². The summed E-state index contributed by atoms with van der Waals surface area (Å²) in [5, 5.41) is 3.22. The van der Waals surface area contributed by atoms with Crippen molar-refractivity contribution in [3.8, 4) is 5.75 Å². The molecule has 0 amide bonds. The van der Waals surface area contributed by atoms with Crippen LogP contribution < -0.4 is 15.8 Å². The number of aliphatic imine (C=N–C) groups is 1. The highest BCUT2D eigenvalue weighted by molar-refractivity contribution is 14.0. The van der Waals surface area contributed by atoms with E-state index in [0.717, 1.165) is 44.8 Å². The molecule has 0 aliphatic carbocycles. The van der Waals surface area contributed by atoms with Gasteiger partial charge in [0.25, 0.3) is 0 Å². The summed E-state index contributed by atoms with van der Waals surface area (Å²) in [7, 11) is 0. The molecule has 1 heterocycles. The molecule has 0 radical (unpaired) electrons. The Morgan fingerprint density at radius 1 is 1.40 bits per heavy atom. The lowest BCUT2D eigenvalue weighted by molar-refractivity contribution is 0.273. The van der Waals surface area contributed by atoms with E-state index >= 15 is 0 Å². The third-order valence-corrected chi connectivity index (χ3v) is 4.47. The number of guanidine groups is 1. The summed E-state index contributed by atoms with van der Waals surface area (Å²) in [5.74, 6) is 1.49. The van der Waals surface area contributed by atoms with Crippen molar-refractivity contribution in [3.05, 3.63) is 29.8 Å². The fraction of sp³-hybridized carbons (Fsp3) is 0.632. The van der Waals surface area contributed by atoms with E-state index in [1.807, 2.05) is 12.1 Å². The molecule has 1 aliphatic heterocycles. The molecule has 0 aromatic heterocycles. The maximum atomic E-state index is 5.99. The van der Waals surface area contributed by atoms with Crippen LogP contribution in [0.3, 0.4) is 0 Å². The van der Waals surface area contributed by atoms with Crippen molar-refractivity contribution >= 4 is 29.9 Å². The molecule has 1 atom stereocenters. The molecule has 3 N–H and O–H groups in total. The van der Waals surface area contributed by atoms with Gasteiger partial charge >= 0.3 is 0 Å². The van der Waals surface area contributed by atoms with E-state index in [9.17, 15) is 0 Å². The van der Waals surface area contributed by atoms with Crippen LogP contribution >= 0.6 is 24.0 Å². The quantitative estimate of drug-likeness (QED) is 0.338. The second-order valence-electron chi connectivity index (χ2n) is 6.32. The molecule has 25 heavy (non-hydrogen) atoms. The van der Waals surface area contributed by atoms with Gasteiger partial charge in [-0.05, 0) is 56.5 Å². The minimum absolute atomic E-state index is 0. The van der Waals surface area contributed by atoms with Gasteiger partial charge in [0.05, 0.1) is 13.2 Å². The maximum absolute atomic E-state index is 5.99. The molecule has 5 nitrogen and oxygen atoms in total. The zero-order valence-electron chi connectivity index (χ0n) is 15.5. The number of benzene rings is 1. The van der Waals surface area contributed by atoms with Crippen molar-refractivity contribution in [1.29, 1.82) is 0 Å². The molecule has 2 rings (SSSR count). The smallest absolute Gasteiger partial charge is 0.188 e. The van der Waals surface area contributed by atoms with E-state index in [2.05, 4.69) is 41.2 Å². The van der Waals surface area contributed by atoms with Crippen molar-refractivity contribution in [1.82, 2.24) is 10.2 Å². The topological polar surface area (TPSA) is 62.9 Å². The second kappa shape index (κ2) is 12.4. The van der Waals surface area contributed by atoms with Crippen molar-refractivity contribution in [2.75, 3.05) is 32.8 Å². The first-order chi connectivity index (χ1) is 11.7. The molecule has 0 saturated carbocycles. The van der Waals surface area contributed by atoms with Crippen LogP contribution in [-0.2, 0) is 6.42 Å². The Balaban J connectivity index is 0.00000312. The standard InChI is InChI=1S/C19H32N4O.HI/c1-3-13-24-18-9-5-7-16(14-18)10-11-21-19(20)22-15-17-8-6-12-23(17)4-2;/h5,7,9,14,17H,3-4,6,8,10-13,15H2,1-2H3,(H3,20,21,22);1H. The molecule has 0 bridgehead atoms. The van der Waals surface area contributed by atoms with Crippen LogP contribution in [0.5, 0.6) is 5.75 Å². The van der Waals surface area contributed by atoms with Gasteiger partial charge in [-0.3, -0.25) is 9.89 Å². The second-order valence-corrected chi connectivity index (χ2v) is 6.32. The summed E-state index contributed by atoms with van der Waals surface area (Å²) in [6, 6.07) is 8.82. The zero-order valence-corrected chi connectivity index (χ0v) is 17.9. The van der Waals surface area contributed by atoms with Crippen LogP contribution in [-0.4, -0.2) is 49.7 Å². The normalized spacial score (nSPS) is 18.0. The number of hydrogen-bond acceptors (Lipinski definition) is 3. The van der Waals surface area contributed by atoms with Crippen LogP contribution in [0.15, 0.2) is 29.3 Å². The molecule has 0 spiro atoms. The first kappa shape index (κ1) is 22.0. The van der Waals surface area contributed by atoms with Crippen LogP contribution in [0.4, 0.5) is 0 Å². The van der Waals surface area contributed by atoms with E-state index in [-0.39, 0.29) is 24.0 Å². The van der Waals surface area contributed by atoms with Crippen molar-refractivity contribution < 1.29 is 4.74 Å². The Bertz CT molecular complexity index is 524. The number of ether oxygens (including phenoxy) is 1. The van der Waals surface area contributed by atoms with Gasteiger partial charge in [0.15, 0.2) is 5.96 Å². The minimum atomic E-state index is 0. The first-order valence-corrected chi connectivity index (χ1v) is 9.22. The Kier molecular flexibility index (Phi) is 10.9. The molecule has 1 fully saturated rings.